The van der Waals surface area contributed by atoms with Gasteiger partial charge in [0.2, 0.25) is 0 Å². The van der Waals surface area contributed by atoms with Crippen molar-refractivity contribution in [2.75, 3.05) is 0 Å². The number of aliphatic hydroxyl groups excluding tert-OH is 1. The maximum atomic E-state index is 11.0. The average molecular weight is 329 g/mol. The second-order valence-electron chi connectivity index (χ2n) is 7.03. The first kappa shape index (κ1) is 16.0. The van der Waals surface area contributed by atoms with E-state index in [2.05, 4.69) is 53.5 Å². The van der Waals surface area contributed by atoms with Gasteiger partial charge in [0.05, 0.1) is 5.69 Å². The summed E-state index contributed by atoms with van der Waals surface area (Å²) in [5.41, 5.74) is 4.45. The first-order valence-electron chi connectivity index (χ1n) is 9.00. The average Bonchev–Trinajstić information content (AvgIpc) is 2.64. The van der Waals surface area contributed by atoms with Crippen LogP contribution < -0.4 is 0 Å². The van der Waals surface area contributed by atoms with Crippen molar-refractivity contribution in [2.45, 2.75) is 37.2 Å². The van der Waals surface area contributed by atoms with Crippen LogP contribution in [0.5, 0.6) is 0 Å². The molecule has 2 nitrogen and oxygen atoms in total. The quantitative estimate of drug-likeness (QED) is 0.727. The van der Waals surface area contributed by atoms with Gasteiger partial charge in [0, 0.05) is 11.6 Å². The Kier molecular flexibility index (Phi) is 4.37. The van der Waals surface area contributed by atoms with Crippen molar-refractivity contribution in [3.63, 3.8) is 0 Å². The molecule has 4 rings (SSSR count). The molecule has 1 unspecified atom stereocenters. The monoisotopic (exact) mass is 329 g/mol. The smallest absolute Gasteiger partial charge is 0.106 e. The molecule has 0 bridgehead atoms. The number of pyridine rings is 1. The molecular formula is C23H23NO. The molecular weight excluding hydrogens is 306 g/mol. The number of nitrogens with zero attached hydrogens (tertiary/aromatic N) is 1. The van der Waals surface area contributed by atoms with Gasteiger partial charge in [-0.3, -0.25) is 4.98 Å². The standard InChI is InChI=1S/C23H23NO/c25-22(21-9-4-5-16-24-21)23(14-6-15-23)20-12-10-19(11-13-20)17-18-7-2-1-3-8-18/h1-5,7-13,16,22,25H,6,14-15,17H2. The van der Waals surface area contributed by atoms with Crippen molar-refractivity contribution in [3.8, 4) is 0 Å². The van der Waals surface area contributed by atoms with E-state index in [4.69, 9.17) is 0 Å². The zero-order chi connectivity index (χ0) is 17.1. The van der Waals surface area contributed by atoms with Crippen LogP contribution in [0.2, 0.25) is 0 Å². The summed E-state index contributed by atoms with van der Waals surface area (Å²) < 4.78 is 0. The van der Waals surface area contributed by atoms with Crippen LogP contribution in [0.4, 0.5) is 0 Å². The summed E-state index contributed by atoms with van der Waals surface area (Å²) in [5.74, 6) is 0. The molecule has 1 saturated carbocycles. The molecule has 0 spiro atoms. The molecule has 0 saturated heterocycles. The Bertz CT molecular complexity index is 808. The lowest BCUT2D eigenvalue weighted by molar-refractivity contribution is 0.0238. The van der Waals surface area contributed by atoms with E-state index in [0.717, 1.165) is 31.4 Å². The molecule has 1 heterocycles. The van der Waals surface area contributed by atoms with Gasteiger partial charge in [-0.05, 0) is 48.1 Å². The molecule has 1 N–H and O–H groups in total. The van der Waals surface area contributed by atoms with Crippen LogP contribution >= 0.6 is 0 Å². The number of aliphatic hydroxyl groups is 1. The van der Waals surface area contributed by atoms with Gasteiger partial charge in [-0.1, -0.05) is 67.1 Å². The van der Waals surface area contributed by atoms with Crippen molar-refractivity contribution in [1.82, 2.24) is 4.98 Å². The van der Waals surface area contributed by atoms with Gasteiger partial charge in [-0.15, -0.1) is 0 Å². The Labute approximate surface area is 149 Å². The molecule has 2 heteroatoms. The Balaban J connectivity index is 1.57. The third-order valence-electron chi connectivity index (χ3n) is 5.52. The molecule has 2 aromatic carbocycles. The van der Waals surface area contributed by atoms with E-state index < -0.39 is 6.10 Å². The van der Waals surface area contributed by atoms with E-state index in [1.807, 2.05) is 24.3 Å². The van der Waals surface area contributed by atoms with Gasteiger partial charge in [0.15, 0.2) is 0 Å². The summed E-state index contributed by atoms with van der Waals surface area (Å²) in [5, 5.41) is 11.0. The predicted molar refractivity (Wildman–Crippen MR) is 100 cm³/mol. The van der Waals surface area contributed by atoms with Crippen molar-refractivity contribution in [2.24, 2.45) is 0 Å². The molecule has 1 aliphatic carbocycles. The molecule has 3 aromatic rings. The van der Waals surface area contributed by atoms with E-state index in [9.17, 15) is 5.11 Å². The Morgan fingerprint density at radius 1 is 0.840 bits per heavy atom. The first-order valence-corrected chi connectivity index (χ1v) is 9.00. The number of hydrogen-bond acceptors (Lipinski definition) is 2. The van der Waals surface area contributed by atoms with Crippen LogP contribution in [-0.2, 0) is 11.8 Å². The van der Waals surface area contributed by atoms with Crippen LogP contribution in [0.15, 0.2) is 79.0 Å². The van der Waals surface area contributed by atoms with Gasteiger partial charge < -0.3 is 5.11 Å². The summed E-state index contributed by atoms with van der Waals surface area (Å²) in [6.07, 6.45) is 5.36. The van der Waals surface area contributed by atoms with E-state index in [0.29, 0.717) is 0 Å². The van der Waals surface area contributed by atoms with Crippen molar-refractivity contribution in [1.29, 1.82) is 0 Å². The summed E-state index contributed by atoms with van der Waals surface area (Å²) in [6, 6.07) is 25.1. The lowest BCUT2D eigenvalue weighted by atomic mass is 9.60. The Hall–Kier alpha value is -2.45. The molecule has 1 atom stereocenters. The lowest BCUT2D eigenvalue weighted by Crippen LogP contribution is -2.40. The normalized spacial score (nSPS) is 16.8. The Morgan fingerprint density at radius 2 is 1.52 bits per heavy atom. The zero-order valence-electron chi connectivity index (χ0n) is 14.3. The van der Waals surface area contributed by atoms with Crippen molar-refractivity contribution >= 4 is 0 Å². The highest BCUT2D eigenvalue weighted by Gasteiger charge is 2.46. The molecule has 1 fully saturated rings. The molecule has 126 valence electrons. The number of rotatable bonds is 5. The lowest BCUT2D eigenvalue weighted by Gasteiger charge is -2.46. The third kappa shape index (κ3) is 3.10. The largest absolute Gasteiger partial charge is 0.386 e. The van der Waals surface area contributed by atoms with Crippen LogP contribution in [-0.4, -0.2) is 10.1 Å². The van der Waals surface area contributed by atoms with Crippen LogP contribution in [0.25, 0.3) is 0 Å². The fourth-order valence-electron chi connectivity index (χ4n) is 3.88. The van der Waals surface area contributed by atoms with E-state index in [1.165, 1.54) is 16.7 Å². The third-order valence-corrected chi connectivity index (χ3v) is 5.52. The molecule has 0 amide bonds. The summed E-state index contributed by atoms with van der Waals surface area (Å²) in [7, 11) is 0. The first-order chi connectivity index (χ1) is 12.3. The van der Waals surface area contributed by atoms with Gasteiger partial charge in [-0.25, -0.2) is 0 Å². The van der Waals surface area contributed by atoms with Gasteiger partial charge >= 0.3 is 0 Å². The topological polar surface area (TPSA) is 33.1 Å². The minimum absolute atomic E-state index is 0.181. The highest BCUT2D eigenvalue weighted by Crippen LogP contribution is 2.51. The van der Waals surface area contributed by atoms with E-state index >= 15 is 0 Å². The highest BCUT2D eigenvalue weighted by atomic mass is 16.3. The maximum Gasteiger partial charge on any atom is 0.106 e. The number of aromatic nitrogens is 1. The fraction of sp³-hybridized carbons (Fsp3) is 0.261. The fourth-order valence-corrected chi connectivity index (χ4v) is 3.88. The SMILES string of the molecule is OC(c1ccccn1)C1(c2ccc(Cc3ccccc3)cc2)CCC1. The zero-order valence-corrected chi connectivity index (χ0v) is 14.3. The van der Waals surface area contributed by atoms with Crippen LogP contribution in [0.3, 0.4) is 0 Å². The summed E-state index contributed by atoms with van der Waals surface area (Å²) in [4.78, 5) is 4.38. The molecule has 1 aliphatic rings. The summed E-state index contributed by atoms with van der Waals surface area (Å²) in [6.45, 7) is 0. The second kappa shape index (κ2) is 6.81. The van der Waals surface area contributed by atoms with Gasteiger partial charge in [-0.2, -0.15) is 0 Å². The second-order valence-corrected chi connectivity index (χ2v) is 7.03. The van der Waals surface area contributed by atoms with Gasteiger partial charge in [0.25, 0.3) is 0 Å². The van der Waals surface area contributed by atoms with Crippen molar-refractivity contribution in [3.05, 3.63) is 101 Å². The van der Waals surface area contributed by atoms with E-state index in [-0.39, 0.29) is 5.41 Å². The molecule has 25 heavy (non-hydrogen) atoms. The highest BCUT2D eigenvalue weighted by molar-refractivity contribution is 5.36. The number of benzene rings is 2. The molecule has 0 aliphatic heterocycles. The minimum atomic E-state index is -0.539. The van der Waals surface area contributed by atoms with Crippen molar-refractivity contribution < 1.29 is 5.11 Å². The maximum absolute atomic E-state index is 11.0. The Morgan fingerprint density at radius 3 is 2.12 bits per heavy atom. The van der Waals surface area contributed by atoms with E-state index in [1.54, 1.807) is 6.20 Å². The summed E-state index contributed by atoms with van der Waals surface area (Å²) >= 11 is 0. The van der Waals surface area contributed by atoms with Gasteiger partial charge in [0.1, 0.15) is 6.10 Å². The predicted octanol–water partition coefficient (Wildman–Crippen LogP) is 4.83. The molecule has 1 aromatic heterocycles. The minimum Gasteiger partial charge on any atom is -0.386 e. The molecule has 0 radical (unpaired) electrons. The number of hydrogen-bond donors (Lipinski definition) is 1. The van der Waals surface area contributed by atoms with Crippen LogP contribution in [0, 0.1) is 0 Å². The van der Waals surface area contributed by atoms with Crippen LogP contribution in [0.1, 0.15) is 47.8 Å².